The van der Waals surface area contributed by atoms with Crippen LogP contribution in [0.25, 0.3) is 0 Å². The first-order valence-corrected chi connectivity index (χ1v) is 18.3. The molecule has 0 saturated heterocycles. The summed E-state index contributed by atoms with van der Waals surface area (Å²) >= 11 is 0. The third-order valence-corrected chi connectivity index (χ3v) is 8.17. The van der Waals surface area contributed by atoms with E-state index in [4.69, 9.17) is 19.2 Å². The molecule has 2 aromatic rings. The van der Waals surface area contributed by atoms with Crippen molar-refractivity contribution >= 4 is 35.4 Å². The van der Waals surface area contributed by atoms with Crippen LogP contribution in [0.15, 0.2) is 36.4 Å². The van der Waals surface area contributed by atoms with Gasteiger partial charge in [0, 0.05) is 36.8 Å². The Kier molecular flexibility index (Phi) is 20.0. The molecule has 0 fully saturated rings. The van der Waals surface area contributed by atoms with Gasteiger partial charge in [-0.25, -0.2) is 19.4 Å². The van der Waals surface area contributed by atoms with Crippen molar-refractivity contribution in [1.82, 2.24) is 0 Å². The summed E-state index contributed by atoms with van der Waals surface area (Å²) in [6, 6.07) is 8.16. The van der Waals surface area contributed by atoms with Crippen molar-refractivity contribution in [2.45, 2.75) is 143 Å². The Morgan fingerprint density at radius 2 is 0.800 bits per heavy atom. The van der Waals surface area contributed by atoms with E-state index in [1.54, 1.807) is 0 Å². The summed E-state index contributed by atoms with van der Waals surface area (Å²) in [6.45, 7) is 8.06. The second-order valence-electron chi connectivity index (χ2n) is 12.5. The highest BCUT2D eigenvalue weighted by Crippen LogP contribution is 2.26. The van der Waals surface area contributed by atoms with E-state index in [0.29, 0.717) is 25.7 Å². The minimum absolute atomic E-state index is 0.117. The molecule has 0 radical (unpaired) electrons. The van der Waals surface area contributed by atoms with Crippen LogP contribution >= 0.6 is 0 Å². The Morgan fingerprint density at radius 1 is 0.440 bits per heavy atom. The fraction of sp³-hybridized carbons (Fsp3) is 0.550. The van der Waals surface area contributed by atoms with Crippen LogP contribution in [0.1, 0.15) is 185 Å². The summed E-state index contributed by atoms with van der Waals surface area (Å²) in [5.41, 5.74) is -0.126. The minimum Gasteiger partial charge on any atom is -0.426 e. The molecule has 0 aromatic heterocycles. The van der Waals surface area contributed by atoms with Crippen LogP contribution in [0.2, 0.25) is 0 Å². The Morgan fingerprint density at radius 3 is 1.16 bits per heavy atom. The number of carbonyl (C=O) groups is 6. The molecule has 0 unspecified atom stereocenters. The maximum absolute atomic E-state index is 13.3. The second kappa shape index (κ2) is 23.9. The molecule has 2 rings (SSSR count). The van der Waals surface area contributed by atoms with Gasteiger partial charge in [-0.1, -0.05) is 91.9 Å². The zero-order valence-corrected chi connectivity index (χ0v) is 30.3. The quantitative estimate of drug-likeness (QED) is 0.0260. The molecule has 0 N–H and O–H groups in total. The van der Waals surface area contributed by atoms with E-state index >= 15 is 0 Å². The highest BCUT2D eigenvalue weighted by atomic mass is 17.2. The molecule has 0 atom stereocenters. The average molecular weight is 695 g/mol. The maximum Gasteiger partial charge on any atom is 0.390 e. The third kappa shape index (κ3) is 15.0. The number of hydrogen-bond donors (Lipinski definition) is 0. The molecular weight excluding hydrogens is 640 g/mol. The highest BCUT2D eigenvalue weighted by Gasteiger charge is 2.25. The number of carbonyl (C=O) groups excluding carboxylic acids is 6. The van der Waals surface area contributed by atoms with Gasteiger partial charge in [0.1, 0.15) is 22.6 Å². The van der Waals surface area contributed by atoms with E-state index in [0.717, 1.165) is 64.2 Å². The topological polar surface area (TPSA) is 139 Å². The van der Waals surface area contributed by atoms with Crippen molar-refractivity contribution < 1.29 is 48.0 Å². The smallest absolute Gasteiger partial charge is 0.390 e. The summed E-state index contributed by atoms with van der Waals surface area (Å²) in [7, 11) is 0. The van der Waals surface area contributed by atoms with Crippen molar-refractivity contribution in [3.8, 4) is 11.5 Å². The molecule has 0 aliphatic heterocycles. The second-order valence-corrected chi connectivity index (χ2v) is 12.5. The highest BCUT2D eigenvalue weighted by molar-refractivity contribution is 6.02. The summed E-state index contributed by atoms with van der Waals surface area (Å²) in [5, 5.41) is 0. The van der Waals surface area contributed by atoms with Crippen LogP contribution in [0.5, 0.6) is 11.5 Å². The van der Waals surface area contributed by atoms with E-state index in [-0.39, 0.29) is 71.0 Å². The van der Waals surface area contributed by atoms with Gasteiger partial charge in [0.05, 0.1) is 0 Å². The van der Waals surface area contributed by atoms with Crippen molar-refractivity contribution in [1.29, 1.82) is 0 Å². The molecule has 10 heteroatoms. The van der Waals surface area contributed by atoms with Crippen LogP contribution < -0.4 is 9.47 Å². The van der Waals surface area contributed by atoms with Crippen LogP contribution in [0, 0.1) is 0 Å². The lowest BCUT2D eigenvalue weighted by Crippen LogP contribution is -2.17. The first-order valence-electron chi connectivity index (χ1n) is 18.3. The van der Waals surface area contributed by atoms with Crippen molar-refractivity contribution in [2.75, 3.05) is 0 Å². The van der Waals surface area contributed by atoms with Gasteiger partial charge in [0.2, 0.25) is 0 Å². The first kappa shape index (κ1) is 41.8. The molecule has 0 aliphatic carbocycles. The Bertz CT molecular complexity index is 1320. The predicted molar refractivity (Wildman–Crippen MR) is 189 cm³/mol. The third-order valence-electron chi connectivity index (χ3n) is 8.17. The first-order chi connectivity index (χ1) is 24.1. The lowest BCUT2D eigenvalue weighted by Gasteiger charge is -2.12. The lowest BCUT2D eigenvalue weighted by atomic mass is 10.0. The number of esters is 2. The number of unbranched alkanes of at least 4 members (excludes halogenated alkanes) is 10. The molecule has 0 spiro atoms. The summed E-state index contributed by atoms with van der Waals surface area (Å²) in [5.74, 6) is -4.21. The van der Waals surface area contributed by atoms with Gasteiger partial charge in [-0.05, 0) is 62.1 Å². The number of rotatable bonds is 24. The fourth-order valence-electron chi connectivity index (χ4n) is 5.13. The maximum atomic E-state index is 13.3. The largest absolute Gasteiger partial charge is 0.426 e. The Labute approximate surface area is 296 Å². The monoisotopic (exact) mass is 694 g/mol. The van der Waals surface area contributed by atoms with Gasteiger partial charge in [-0.15, -0.1) is 0 Å². The molecule has 10 nitrogen and oxygen atoms in total. The van der Waals surface area contributed by atoms with E-state index in [2.05, 4.69) is 13.8 Å². The molecule has 0 saturated carbocycles. The Hall–Kier alpha value is -4.34. The number of hydrogen-bond acceptors (Lipinski definition) is 10. The number of Topliss-reactive ketones (excluding diaryl/α,β-unsaturated/α-hetero) is 2. The molecule has 2 aromatic carbocycles. The van der Waals surface area contributed by atoms with Gasteiger partial charge in [-0.2, -0.15) is 0 Å². The minimum atomic E-state index is -1.19. The van der Waals surface area contributed by atoms with Crippen LogP contribution in [-0.2, 0) is 19.4 Å². The number of benzene rings is 2. The van der Waals surface area contributed by atoms with Gasteiger partial charge in [0.25, 0.3) is 0 Å². The molecule has 0 amide bonds. The lowest BCUT2D eigenvalue weighted by molar-refractivity contribution is -0.187. The van der Waals surface area contributed by atoms with Crippen LogP contribution in [0.4, 0.5) is 0 Å². The predicted octanol–water partition coefficient (Wildman–Crippen LogP) is 9.89. The van der Waals surface area contributed by atoms with Crippen LogP contribution in [0.3, 0.4) is 0 Å². The standard InChI is InChI=1S/C40H54O10/c1-5-9-13-15-17-19-33(41)29-23-25-35(47-37(43)21-11-7-3)31(27-29)39(45)49-50-40(46)32-28-30(34(42)20-18-16-14-10-6-2)24-26-36(32)48-38(44)22-12-8-4/h23-28H,5-22H2,1-4H3. The van der Waals surface area contributed by atoms with E-state index < -0.39 is 23.9 Å². The molecule has 50 heavy (non-hydrogen) atoms. The molecule has 0 heterocycles. The summed E-state index contributed by atoms with van der Waals surface area (Å²) in [6.07, 6.45) is 13.0. The molecule has 0 aliphatic rings. The zero-order chi connectivity index (χ0) is 36.7. The Balaban J connectivity index is 2.30. The molecule has 274 valence electrons. The summed E-state index contributed by atoms with van der Waals surface area (Å²) < 4.78 is 10.8. The van der Waals surface area contributed by atoms with Gasteiger partial charge < -0.3 is 9.47 Å². The average Bonchev–Trinajstić information content (AvgIpc) is 3.11. The van der Waals surface area contributed by atoms with Gasteiger partial charge in [0.15, 0.2) is 11.6 Å². The van der Waals surface area contributed by atoms with Crippen molar-refractivity contribution in [3.63, 3.8) is 0 Å². The van der Waals surface area contributed by atoms with E-state index in [1.165, 1.54) is 36.4 Å². The molecule has 0 bridgehead atoms. The van der Waals surface area contributed by atoms with Crippen molar-refractivity contribution in [3.05, 3.63) is 58.7 Å². The molecular formula is C40H54O10. The number of ether oxygens (including phenoxy) is 2. The SMILES string of the molecule is CCCCCCCC(=O)c1ccc(OC(=O)CCCC)c(C(=O)OOC(=O)c2cc(C(=O)CCCCCCC)ccc2OC(=O)CCCC)c1. The zero-order valence-electron chi connectivity index (χ0n) is 30.3. The normalized spacial score (nSPS) is 10.7. The van der Waals surface area contributed by atoms with E-state index in [9.17, 15) is 28.8 Å². The van der Waals surface area contributed by atoms with Gasteiger partial charge >= 0.3 is 23.9 Å². The van der Waals surface area contributed by atoms with Gasteiger partial charge in [-0.3, -0.25) is 19.2 Å². The fourth-order valence-corrected chi connectivity index (χ4v) is 5.13. The summed E-state index contributed by atoms with van der Waals surface area (Å²) in [4.78, 5) is 87.2. The number of ketones is 2. The van der Waals surface area contributed by atoms with E-state index in [1.807, 2.05) is 13.8 Å². The van der Waals surface area contributed by atoms with Crippen LogP contribution in [-0.4, -0.2) is 35.4 Å². The van der Waals surface area contributed by atoms with Crippen molar-refractivity contribution in [2.24, 2.45) is 0 Å².